The molecule has 0 aliphatic heterocycles. The highest BCUT2D eigenvalue weighted by atomic mass is 16.3. The van der Waals surface area contributed by atoms with E-state index in [4.69, 9.17) is 31.0 Å². The summed E-state index contributed by atoms with van der Waals surface area (Å²) in [7, 11) is 0. The molecule has 7 heteroatoms. The van der Waals surface area contributed by atoms with Gasteiger partial charge in [-0.25, -0.2) is 10.8 Å². The van der Waals surface area contributed by atoms with Crippen LogP contribution in [0.25, 0.3) is 21.9 Å². The molecule has 7 aromatic rings. The van der Waals surface area contributed by atoms with E-state index in [9.17, 15) is 0 Å². The summed E-state index contributed by atoms with van der Waals surface area (Å²) in [5.74, 6) is 7.41. The van der Waals surface area contributed by atoms with Crippen molar-refractivity contribution in [2.45, 2.75) is 12.6 Å². The van der Waals surface area contributed by atoms with Crippen molar-refractivity contribution in [2.75, 3.05) is 0 Å². The molecule has 48 heavy (non-hydrogen) atoms. The molecule has 0 fully saturated rings. The van der Waals surface area contributed by atoms with Crippen LogP contribution in [-0.4, -0.2) is 17.5 Å². The molecular formula is C41H34N6O. The standard InChI is InChI=1S/C41H34N6O/c42-39(32-20-12-19-31(25-32)38(29-15-6-2-7-16-29)45-41(47-43)30-17-8-3-9-18-30)46-40(44-27-28-13-4-1-5-14-28)33-23-24-35-34-21-10-11-22-36(34)48-37(35)26-33/h1-26,38H,27,43H2,(H,45,47)(H2,42,44,46). The lowest BCUT2D eigenvalue weighted by Gasteiger charge is -2.17. The number of para-hydroxylation sites is 1. The van der Waals surface area contributed by atoms with Crippen molar-refractivity contribution in [3.63, 3.8) is 0 Å². The SMILES string of the molecule is NNC(=NC(c1ccccc1)c1cccc(C(N)=NC(=NCc2ccccc2)c2ccc3c(c2)oc2ccccc23)c1)c1ccccc1. The molecule has 0 amide bonds. The van der Waals surface area contributed by atoms with Gasteiger partial charge in [-0.15, -0.1) is 0 Å². The first kappa shape index (κ1) is 30.3. The lowest BCUT2D eigenvalue weighted by atomic mass is 9.97. The minimum Gasteiger partial charge on any atom is -0.456 e. The summed E-state index contributed by atoms with van der Waals surface area (Å²) >= 11 is 0. The quantitative estimate of drug-likeness (QED) is 0.0688. The summed E-state index contributed by atoms with van der Waals surface area (Å²) in [6.07, 6.45) is 0. The van der Waals surface area contributed by atoms with Crippen LogP contribution in [0.15, 0.2) is 177 Å². The molecule has 1 unspecified atom stereocenters. The Labute approximate surface area is 279 Å². The van der Waals surface area contributed by atoms with Crippen LogP contribution in [0.5, 0.6) is 0 Å². The molecular weight excluding hydrogens is 592 g/mol. The number of benzene rings is 6. The Morgan fingerprint density at radius 3 is 2.02 bits per heavy atom. The molecule has 7 rings (SSSR count). The van der Waals surface area contributed by atoms with Gasteiger partial charge in [0, 0.05) is 27.5 Å². The van der Waals surface area contributed by atoms with Gasteiger partial charge < -0.3 is 15.6 Å². The zero-order valence-electron chi connectivity index (χ0n) is 26.2. The van der Waals surface area contributed by atoms with Crippen LogP contribution in [0.2, 0.25) is 0 Å². The number of nitrogens with one attached hydrogen (secondary N) is 1. The highest BCUT2D eigenvalue weighted by Gasteiger charge is 2.17. The Bertz CT molecular complexity index is 2260. The van der Waals surface area contributed by atoms with E-state index in [2.05, 4.69) is 29.7 Å². The second-order valence-corrected chi connectivity index (χ2v) is 11.4. The zero-order valence-corrected chi connectivity index (χ0v) is 26.2. The summed E-state index contributed by atoms with van der Waals surface area (Å²) in [5, 5.41) is 2.10. The van der Waals surface area contributed by atoms with Gasteiger partial charge in [-0.3, -0.25) is 9.98 Å². The van der Waals surface area contributed by atoms with E-state index in [-0.39, 0.29) is 6.04 Å². The Balaban J connectivity index is 1.29. The number of hydrogen-bond donors (Lipinski definition) is 3. The Morgan fingerprint density at radius 2 is 1.25 bits per heavy atom. The normalized spacial score (nSPS) is 13.1. The summed E-state index contributed by atoms with van der Waals surface area (Å²) in [4.78, 5) is 15.0. The van der Waals surface area contributed by atoms with Gasteiger partial charge in [0.2, 0.25) is 0 Å². The summed E-state index contributed by atoms with van der Waals surface area (Å²) in [5.41, 5.74) is 16.7. The number of fused-ring (bicyclic) bond motifs is 3. The Kier molecular flexibility index (Phi) is 8.85. The van der Waals surface area contributed by atoms with Crippen LogP contribution in [0.1, 0.15) is 39.4 Å². The average molecular weight is 627 g/mol. The van der Waals surface area contributed by atoms with Crippen molar-refractivity contribution < 1.29 is 4.42 Å². The van der Waals surface area contributed by atoms with E-state index < -0.39 is 0 Å². The highest BCUT2D eigenvalue weighted by Crippen LogP contribution is 2.30. The minimum atomic E-state index is -0.355. The fraction of sp³-hybridized carbons (Fsp3) is 0.0488. The van der Waals surface area contributed by atoms with E-state index in [0.717, 1.165) is 55.3 Å². The number of hydrogen-bond acceptors (Lipinski definition) is 4. The van der Waals surface area contributed by atoms with Gasteiger partial charge in [0.25, 0.3) is 0 Å². The average Bonchev–Trinajstić information content (AvgIpc) is 3.53. The fourth-order valence-electron chi connectivity index (χ4n) is 5.75. The largest absolute Gasteiger partial charge is 0.456 e. The summed E-state index contributed by atoms with van der Waals surface area (Å²) in [6, 6.07) is 51.7. The fourth-order valence-corrected chi connectivity index (χ4v) is 5.75. The maximum absolute atomic E-state index is 6.78. The zero-order chi connectivity index (χ0) is 32.7. The van der Waals surface area contributed by atoms with E-state index in [0.29, 0.717) is 24.1 Å². The highest BCUT2D eigenvalue weighted by molar-refractivity contribution is 6.13. The molecule has 0 saturated carbocycles. The molecule has 0 bridgehead atoms. The molecule has 0 radical (unpaired) electrons. The molecule has 234 valence electrons. The number of furan rings is 1. The number of rotatable bonds is 8. The van der Waals surface area contributed by atoms with Crippen molar-refractivity contribution in [3.8, 4) is 0 Å². The maximum Gasteiger partial charge on any atom is 0.157 e. The maximum atomic E-state index is 6.78. The topological polar surface area (TPSA) is 114 Å². The van der Waals surface area contributed by atoms with Gasteiger partial charge in [-0.2, -0.15) is 0 Å². The molecule has 1 aromatic heterocycles. The van der Waals surface area contributed by atoms with Gasteiger partial charge in [0.15, 0.2) is 5.84 Å². The van der Waals surface area contributed by atoms with Gasteiger partial charge in [-0.1, -0.05) is 133 Å². The molecule has 1 atom stereocenters. The Hall–Kier alpha value is -6.31. The second kappa shape index (κ2) is 14.0. The van der Waals surface area contributed by atoms with Crippen molar-refractivity contribution in [1.29, 1.82) is 0 Å². The number of nitrogens with zero attached hydrogens (tertiary/aromatic N) is 3. The van der Waals surface area contributed by atoms with Gasteiger partial charge in [0.1, 0.15) is 28.9 Å². The van der Waals surface area contributed by atoms with Crippen LogP contribution in [0.4, 0.5) is 0 Å². The third-order valence-electron chi connectivity index (χ3n) is 8.17. The summed E-state index contributed by atoms with van der Waals surface area (Å²) in [6.45, 7) is 0.449. The molecule has 1 heterocycles. The minimum absolute atomic E-state index is 0.337. The van der Waals surface area contributed by atoms with Crippen LogP contribution in [-0.2, 0) is 6.54 Å². The van der Waals surface area contributed by atoms with E-state index in [1.165, 1.54) is 0 Å². The number of aliphatic imine (C=N–C) groups is 3. The monoisotopic (exact) mass is 626 g/mol. The third-order valence-corrected chi connectivity index (χ3v) is 8.17. The van der Waals surface area contributed by atoms with Crippen molar-refractivity contribution in [1.82, 2.24) is 5.43 Å². The predicted molar refractivity (Wildman–Crippen MR) is 196 cm³/mol. The molecule has 0 aliphatic carbocycles. The molecule has 6 aromatic carbocycles. The van der Waals surface area contributed by atoms with E-state index in [1.807, 2.05) is 133 Å². The van der Waals surface area contributed by atoms with Crippen LogP contribution < -0.4 is 17.0 Å². The number of amidine groups is 3. The van der Waals surface area contributed by atoms with Gasteiger partial charge in [-0.05, 0) is 41.0 Å². The first-order valence-electron chi connectivity index (χ1n) is 15.8. The van der Waals surface area contributed by atoms with E-state index >= 15 is 0 Å². The first-order chi connectivity index (χ1) is 23.7. The van der Waals surface area contributed by atoms with Crippen molar-refractivity contribution in [3.05, 3.63) is 191 Å². The lowest BCUT2D eigenvalue weighted by Crippen LogP contribution is -2.31. The van der Waals surface area contributed by atoms with E-state index in [1.54, 1.807) is 0 Å². The van der Waals surface area contributed by atoms with Crippen molar-refractivity contribution >= 4 is 39.4 Å². The van der Waals surface area contributed by atoms with Gasteiger partial charge in [0.05, 0.1) is 6.54 Å². The Morgan fingerprint density at radius 1 is 0.604 bits per heavy atom. The molecule has 5 N–H and O–H groups in total. The van der Waals surface area contributed by atoms with Crippen LogP contribution in [0.3, 0.4) is 0 Å². The smallest absolute Gasteiger partial charge is 0.157 e. The molecule has 0 saturated heterocycles. The first-order valence-corrected chi connectivity index (χ1v) is 15.8. The summed E-state index contributed by atoms with van der Waals surface area (Å²) < 4.78 is 6.19. The van der Waals surface area contributed by atoms with Crippen LogP contribution >= 0.6 is 0 Å². The number of nitrogens with two attached hydrogens (primary N) is 2. The third kappa shape index (κ3) is 6.63. The molecule has 7 nitrogen and oxygen atoms in total. The van der Waals surface area contributed by atoms with Crippen molar-refractivity contribution in [2.24, 2.45) is 26.6 Å². The van der Waals surface area contributed by atoms with Crippen LogP contribution in [0, 0.1) is 0 Å². The second-order valence-electron chi connectivity index (χ2n) is 11.4. The molecule has 0 aliphatic rings. The number of hydrazine groups is 1. The molecule has 0 spiro atoms. The predicted octanol–water partition coefficient (Wildman–Crippen LogP) is 7.94. The van der Waals surface area contributed by atoms with Gasteiger partial charge >= 0.3 is 0 Å². The lowest BCUT2D eigenvalue weighted by molar-refractivity contribution is 0.669.